The fourth-order valence-corrected chi connectivity index (χ4v) is 4.48. The molecule has 1 unspecified atom stereocenters. The number of rotatable bonds is 4. The van der Waals surface area contributed by atoms with Crippen LogP contribution < -0.4 is 5.73 Å². The molecule has 0 saturated carbocycles. The van der Waals surface area contributed by atoms with Crippen molar-refractivity contribution in [3.8, 4) is 0 Å². The second-order valence-corrected chi connectivity index (χ2v) is 6.63. The molecule has 1 aromatic heterocycles. The van der Waals surface area contributed by atoms with Gasteiger partial charge in [0.15, 0.2) is 0 Å². The second-order valence-electron chi connectivity index (χ2n) is 4.53. The summed E-state index contributed by atoms with van der Waals surface area (Å²) >= 11 is 2.92. The van der Waals surface area contributed by atoms with Gasteiger partial charge in [-0.05, 0) is 11.6 Å². The van der Waals surface area contributed by atoms with Crippen LogP contribution in [-0.2, 0) is 9.59 Å². The highest BCUT2D eigenvalue weighted by Gasteiger charge is 2.51. The minimum absolute atomic E-state index is 0.0759. The maximum atomic E-state index is 11.8. The van der Waals surface area contributed by atoms with Crippen LogP contribution in [0.15, 0.2) is 34.9 Å². The van der Waals surface area contributed by atoms with E-state index >= 15 is 0 Å². The van der Waals surface area contributed by atoms with Crippen molar-refractivity contribution in [3.05, 3.63) is 29.9 Å². The first-order chi connectivity index (χ1) is 10.1. The summed E-state index contributed by atoms with van der Waals surface area (Å²) in [5.74, 6) is -0.382. The summed E-state index contributed by atoms with van der Waals surface area (Å²) in [7, 11) is 0. The van der Waals surface area contributed by atoms with Gasteiger partial charge in [0.2, 0.25) is 5.91 Å². The van der Waals surface area contributed by atoms with Crippen LogP contribution in [0.25, 0.3) is 0 Å². The van der Waals surface area contributed by atoms with Crippen molar-refractivity contribution in [3.63, 3.8) is 0 Å². The lowest BCUT2D eigenvalue weighted by Gasteiger charge is -2.48. The van der Waals surface area contributed by atoms with Crippen molar-refractivity contribution in [2.24, 2.45) is 5.73 Å². The molecule has 2 atom stereocenters. The van der Waals surface area contributed by atoms with Gasteiger partial charge in [0, 0.05) is 17.7 Å². The van der Waals surface area contributed by atoms with Gasteiger partial charge in [0.25, 0.3) is 0 Å². The Morgan fingerprint density at radius 1 is 1.62 bits per heavy atom. The molecule has 3 N–H and O–H groups in total. The first kappa shape index (κ1) is 14.4. The predicted octanol–water partition coefficient (Wildman–Crippen LogP) is 0.150. The molecule has 0 aromatic carbocycles. The van der Waals surface area contributed by atoms with E-state index in [1.54, 1.807) is 12.3 Å². The van der Waals surface area contributed by atoms with Gasteiger partial charge in [-0.15, -0.1) is 23.5 Å². The lowest BCUT2D eigenvalue weighted by molar-refractivity contribution is -0.147. The number of nitrogens with two attached hydrogens (primary N) is 1. The zero-order chi connectivity index (χ0) is 15.0. The van der Waals surface area contributed by atoms with Crippen LogP contribution in [0.5, 0.6) is 0 Å². The van der Waals surface area contributed by atoms with Crippen LogP contribution >= 0.6 is 23.5 Å². The highest BCUT2D eigenvalue weighted by molar-refractivity contribution is 8.01. The lowest BCUT2D eigenvalue weighted by Crippen LogP contribution is -2.68. The molecule has 0 spiro atoms. The number of thioether (sulfide) groups is 2. The van der Waals surface area contributed by atoms with E-state index in [0.717, 1.165) is 5.03 Å². The number of aliphatic carboxylic acids is 1. The Balaban J connectivity index is 1.81. The Morgan fingerprint density at radius 3 is 3.10 bits per heavy atom. The molecule has 1 fully saturated rings. The van der Waals surface area contributed by atoms with E-state index in [1.807, 2.05) is 0 Å². The highest BCUT2D eigenvalue weighted by atomic mass is 32.2. The van der Waals surface area contributed by atoms with Gasteiger partial charge in [0.05, 0.1) is 5.03 Å². The summed E-state index contributed by atoms with van der Waals surface area (Å²) < 4.78 is 0. The van der Waals surface area contributed by atoms with Crippen molar-refractivity contribution in [1.29, 1.82) is 0 Å². The smallest absolute Gasteiger partial charge is 0.352 e. The predicted molar refractivity (Wildman–Crippen MR) is 78.5 cm³/mol. The number of carboxylic acid groups (broad SMARTS) is 1. The number of carboxylic acids is 1. The molecule has 0 aliphatic carbocycles. The molecule has 0 bridgehead atoms. The highest BCUT2D eigenvalue weighted by Crippen LogP contribution is 2.40. The molecule has 3 heterocycles. The maximum absolute atomic E-state index is 11.8. The van der Waals surface area contributed by atoms with E-state index in [1.165, 1.54) is 34.8 Å². The largest absolute Gasteiger partial charge is 0.477 e. The average Bonchev–Trinajstić information content (AvgIpc) is 2.52. The average molecular weight is 324 g/mol. The Kier molecular flexibility index (Phi) is 3.87. The quantitative estimate of drug-likeness (QED) is 0.457. The molecule has 7 nitrogen and oxygen atoms in total. The number of fused-ring (bicyclic) bond motifs is 1. The van der Waals surface area contributed by atoms with Gasteiger partial charge >= 0.3 is 5.97 Å². The Hall–Kier alpha value is -1.58. The lowest BCUT2D eigenvalue weighted by atomic mass is 10.0. The maximum Gasteiger partial charge on any atom is 0.352 e. The zero-order valence-electron chi connectivity index (χ0n) is 10.8. The van der Waals surface area contributed by atoms with Gasteiger partial charge in [-0.2, -0.15) is 0 Å². The summed E-state index contributed by atoms with van der Waals surface area (Å²) in [6, 6.07) is 1.16. The molecule has 2 aliphatic heterocycles. The summed E-state index contributed by atoms with van der Waals surface area (Å²) in [5, 5.41) is 9.91. The third-order valence-corrected chi connectivity index (χ3v) is 5.63. The molecule has 2 aliphatic rings. The number of carbonyl (C=O) groups excluding carboxylic acids is 1. The van der Waals surface area contributed by atoms with Crippen LogP contribution in [0.2, 0.25) is 0 Å². The number of β-lactam (4-membered cyclic amide) rings is 1. The van der Waals surface area contributed by atoms with Crippen LogP contribution in [-0.4, -0.2) is 54.8 Å². The number of hydrogen-bond acceptors (Lipinski definition) is 7. The van der Waals surface area contributed by atoms with Crippen LogP contribution in [0.1, 0.15) is 0 Å². The molecule has 3 rings (SSSR count). The fourth-order valence-electron chi connectivity index (χ4n) is 2.22. The van der Waals surface area contributed by atoms with Crippen molar-refractivity contribution >= 4 is 35.4 Å². The van der Waals surface area contributed by atoms with Gasteiger partial charge < -0.3 is 10.8 Å². The van der Waals surface area contributed by atoms with E-state index in [9.17, 15) is 14.7 Å². The molecular formula is C12H12N4O3S2. The van der Waals surface area contributed by atoms with Crippen LogP contribution in [0.4, 0.5) is 0 Å². The first-order valence-electron chi connectivity index (χ1n) is 6.14. The van der Waals surface area contributed by atoms with Crippen molar-refractivity contribution in [2.45, 2.75) is 16.4 Å². The number of hydrogen-bond donors (Lipinski definition) is 2. The molecular weight excluding hydrogens is 312 g/mol. The third kappa shape index (κ3) is 2.52. The van der Waals surface area contributed by atoms with Crippen molar-refractivity contribution in [1.82, 2.24) is 14.9 Å². The monoisotopic (exact) mass is 324 g/mol. The summed E-state index contributed by atoms with van der Waals surface area (Å²) in [4.78, 5) is 32.5. The minimum Gasteiger partial charge on any atom is -0.477 e. The van der Waals surface area contributed by atoms with Gasteiger partial charge in [-0.1, -0.05) is 0 Å². The van der Waals surface area contributed by atoms with Crippen molar-refractivity contribution < 1.29 is 14.7 Å². The van der Waals surface area contributed by atoms with Gasteiger partial charge in [-0.3, -0.25) is 9.69 Å². The second kappa shape index (κ2) is 5.66. The molecule has 110 valence electrons. The minimum atomic E-state index is -1.08. The molecule has 0 radical (unpaired) electrons. The molecule has 1 amide bonds. The van der Waals surface area contributed by atoms with Crippen LogP contribution in [0.3, 0.4) is 0 Å². The molecule has 1 saturated heterocycles. The Morgan fingerprint density at radius 2 is 2.43 bits per heavy atom. The zero-order valence-corrected chi connectivity index (χ0v) is 12.4. The molecule has 21 heavy (non-hydrogen) atoms. The van der Waals surface area contributed by atoms with E-state index in [0.29, 0.717) is 17.1 Å². The fraction of sp³-hybridized carbons (Fsp3) is 0.333. The Labute approximate surface area is 129 Å². The standard InChI is InChI=1S/C12H12N4O3S2/c13-8-10(17)16-9(12(18)19)6(4-21-11(8)16)3-20-7-1-2-14-5-15-7/h1-2,5,8,11H,3-4,13H2,(H,18,19)/t8?,11-/m1/s1. The Bertz CT molecular complexity index is 622. The van der Waals surface area contributed by atoms with E-state index in [2.05, 4.69) is 9.97 Å². The number of nitrogens with zero attached hydrogens (tertiary/aromatic N) is 3. The first-order valence-corrected chi connectivity index (χ1v) is 8.17. The van der Waals surface area contributed by atoms with E-state index in [4.69, 9.17) is 5.73 Å². The number of amides is 1. The van der Waals surface area contributed by atoms with Crippen molar-refractivity contribution in [2.75, 3.05) is 11.5 Å². The number of carbonyl (C=O) groups is 2. The summed E-state index contributed by atoms with van der Waals surface area (Å²) in [6.45, 7) is 0. The van der Waals surface area contributed by atoms with Gasteiger partial charge in [0.1, 0.15) is 23.4 Å². The SMILES string of the molecule is NC1C(=O)N2C(C(=O)O)=C(CSc3ccncn3)CS[C@H]12. The molecule has 9 heteroatoms. The summed E-state index contributed by atoms with van der Waals surface area (Å²) in [6.07, 6.45) is 3.07. The third-order valence-electron chi connectivity index (χ3n) is 3.24. The van der Waals surface area contributed by atoms with Crippen LogP contribution in [0, 0.1) is 0 Å². The number of aromatic nitrogens is 2. The van der Waals surface area contributed by atoms with E-state index < -0.39 is 12.0 Å². The normalized spacial score (nSPS) is 24.6. The van der Waals surface area contributed by atoms with Gasteiger partial charge in [-0.25, -0.2) is 14.8 Å². The van der Waals surface area contributed by atoms with E-state index in [-0.39, 0.29) is 17.0 Å². The summed E-state index contributed by atoms with van der Waals surface area (Å²) in [5.41, 5.74) is 6.49. The topological polar surface area (TPSA) is 109 Å². The molecule has 1 aromatic rings.